The lowest BCUT2D eigenvalue weighted by molar-refractivity contribution is -0.122. The number of nitrogens with one attached hydrogen (secondary N) is 1. The number of piperazine rings is 1. The van der Waals surface area contributed by atoms with E-state index < -0.39 is 0 Å². The minimum Gasteiger partial charge on any atom is -0.369 e. The van der Waals surface area contributed by atoms with Gasteiger partial charge in [-0.2, -0.15) is 0 Å². The Hall–Kier alpha value is -2.86. The lowest BCUT2D eigenvalue weighted by Crippen LogP contribution is -2.52. The Labute approximate surface area is 159 Å². The zero-order valence-corrected chi connectivity index (χ0v) is 15.5. The Bertz CT molecular complexity index is 859. The van der Waals surface area contributed by atoms with Crippen LogP contribution in [0.3, 0.4) is 0 Å². The van der Waals surface area contributed by atoms with Gasteiger partial charge in [0.1, 0.15) is 6.54 Å². The van der Waals surface area contributed by atoms with Gasteiger partial charge in [-0.15, -0.1) is 0 Å². The fourth-order valence-corrected chi connectivity index (χ4v) is 3.72. The van der Waals surface area contributed by atoms with E-state index >= 15 is 0 Å². The van der Waals surface area contributed by atoms with Crippen molar-refractivity contribution in [3.8, 4) is 0 Å². The van der Waals surface area contributed by atoms with Crippen molar-refractivity contribution in [1.29, 1.82) is 0 Å². The molecule has 2 aliphatic heterocycles. The second-order valence-corrected chi connectivity index (χ2v) is 7.15. The van der Waals surface area contributed by atoms with Gasteiger partial charge in [-0.3, -0.25) is 19.4 Å². The first-order chi connectivity index (χ1) is 13.1. The second-order valence-electron chi connectivity index (χ2n) is 7.15. The molecule has 0 aromatic heterocycles. The zero-order valence-electron chi connectivity index (χ0n) is 15.5. The maximum Gasteiger partial charge on any atom is 0.244 e. The first-order valence-corrected chi connectivity index (χ1v) is 9.33. The van der Waals surface area contributed by atoms with E-state index in [9.17, 15) is 9.59 Å². The molecule has 0 radical (unpaired) electrons. The number of anilines is 3. The number of fused-ring (bicyclic) bond motifs is 1. The van der Waals surface area contributed by atoms with E-state index in [-0.39, 0.29) is 18.4 Å². The van der Waals surface area contributed by atoms with Crippen LogP contribution in [-0.2, 0) is 9.59 Å². The Morgan fingerprint density at radius 3 is 2.59 bits per heavy atom. The number of carbonyl (C=O) groups excluding carboxylic acids is 2. The maximum absolute atomic E-state index is 12.9. The van der Waals surface area contributed by atoms with Gasteiger partial charge < -0.3 is 10.2 Å². The van der Waals surface area contributed by atoms with Crippen molar-refractivity contribution < 1.29 is 9.59 Å². The minimum absolute atomic E-state index is 0.0266. The van der Waals surface area contributed by atoms with Crippen LogP contribution >= 0.6 is 0 Å². The summed E-state index contributed by atoms with van der Waals surface area (Å²) in [6, 6.07) is 16.0. The molecule has 1 saturated heterocycles. The van der Waals surface area contributed by atoms with Crippen LogP contribution in [0.15, 0.2) is 48.5 Å². The van der Waals surface area contributed by atoms with Gasteiger partial charge in [0.25, 0.3) is 0 Å². The summed E-state index contributed by atoms with van der Waals surface area (Å²) in [7, 11) is 0. The molecular formula is C21H24N4O2. The molecule has 0 aliphatic carbocycles. The fourth-order valence-electron chi connectivity index (χ4n) is 3.72. The van der Waals surface area contributed by atoms with Gasteiger partial charge in [0.05, 0.1) is 17.9 Å². The van der Waals surface area contributed by atoms with Crippen molar-refractivity contribution >= 4 is 28.9 Å². The minimum atomic E-state index is -0.147. The Balaban J connectivity index is 1.38. The highest BCUT2D eigenvalue weighted by Gasteiger charge is 2.28. The predicted octanol–water partition coefficient (Wildman–Crippen LogP) is 2.10. The zero-order chi connectivity index (χ0) is 18.8. The van der Waals surface area contributed by atoms with E-state index in [2.05, 4.69) is 46.3 Å². The molecule has 2 aromatic rings. The molecule has 2 aromatic carbocycles. The number of para-hydroxylation sites is 2. The third-order valence-corrected chi connectivity index (χ3v) is 5.17. The predicted molar refractivity (Wildman–Crippen MR) is 107 cm³/mol. The first-order valence-electron chi connectivity index (χ1n) is 9.33. The van der Waals surface area contributed by atoms with Gasteiger partial charge in [0.2, 0.25) is 11.8 Å². The molecule has 0 spiro atoms. The molecule has 2 heterocycles. The maximum atomic E-state index is 12.9. The fraction of sp³-hybridized carbons (Fsp3) is 0.333. The molecule has 6 heteroatoms. The molecule has 2 aliphatic rings. The second kappa shape index (κ2) is 7.40. The summed E-state index contributed by atoms with van der Waals surface area (Å²) in [6.45, 7) is 5.98. The first kappa shape index (κ1) is 17.5. The van der Waals surface area contributed by atoms with Crippen LogP contribution < -0.4 is 15.1 Å². The van der Waals surface area contributed by atoms with Crippen LogP contribution in [0.2, 0.25) is 0 Å². The molecule has 0 bridgehead atoms. The van der Waals surface area contributed by atoms with E-state index in [0.717, 1.165) is 31.9 Å². The van der Waals surface area contributed by atoms with Gasteiger partial charge in [-0.1, -0.05) is 24.3 Å². The molecule has 6 nitrogen and oxygen atoms in total. The number of carbonyl (C=O) groups is 2. The highest BCUT2D eigenvalue weighted by Crippen LogP contribution is 2.29. The molecule has 140 valence electrons. The van der Waals surface area contributed by atoms with Crippen molar-refractivity contribution in [1.82, 2.24) is 4.90 Å². The van der Waals surface area contributed by atoms with Gasteiger partial charge in [-0.05, 0) is 36.8 Å². The normalized spacial score (nSPS) is 17.4. The lowest BCUT2D eigenvalue weighted by Gasteiger charge is -2.37. The Kier molecular flexibility index (Phi) is 4.81. The Morgan fingerprint density at radius 1 is 1.04 bits per heavy atom. The number of hydrogen-bond acceptors (Lipinski definition) is 4. The highest BCUT2D eigenvalue weighted by molar-refractivity contribution is 6.10. The SMILES string of the molecule is Cc1cccc(N2CCN(CC(=O)N3CC(=O)Nc4ccccc43)CC2)c1. The average Bonchev–Trinajstić information content (AvgIpc) is 2.68. The average molecular weight is 364 g/mol. The van der Waals surface area contributed by atoms with E-state index in [0.29, 0.717) is 12.2 Å². The van der Waals surface area contributed by atoms with Gasteiger partial charge in [0, 0.05) is 31.9 Å². The summed E-state index contributed by atoms with van der Waals surface area (Å²) in [6.07, 6.45) is 0. The van der Waals surface area contributed by atoms with Gasteiger partial charge in [0.15, 0.2) is 0 Å². The largest absolute Gasteiger partial charge is 0.369 e. The summed E-state index contributed by atoms with van der Waals surface area (Å²) in [5.74, 6) is -0.173. The van der Waals surface area contributed by atoms with Crippen molar-refractivity contribution in [3.63, 3.8) is 0 Å². The number of rotatable bonds is 3. The quantitative estimate of drug-likeness (QED) is 0.906. The third-order valence-electron chi connectivity index (χ3n) is 5.17. The number of aryl methyl sites for hydroxylation is 1. The monoisotopic (exact) mass is 364 g/mol. The van der Waals surface area contributed by atoms with Crippen LogP contribution in [0.25, 0.3) is 0 Å². The molecule has 0 saturated carbocycles. The number of amides is 2. The van der Waals surface area contributed by atoms with Crippen molar-refractivity contribution in [3.05, 3.63) is 54.1 Å². The standard InChI is InChI=1S/C21H24N4O2/c1-16-5-4-6-17(13-16)24-11-9-23(10-12-24)15-21(27)25-14-20(26)22-18-7-2-3-8-19(18)25/h2-8,13H,9-12,14-15H2,1H3,(H,22,26). The molecule has 0 atom stereocenters. The van der Waals surface area contributed by atoms with Crippen LogP contribution in [0.1, 0.15) is 5.56 Å². The number of nitrogens with zero attached hydrogens (tertiary/aromatic N) is 3. The molecule has 2 amide bonds. The lowest BCUT2D eigenvalue weighted by atomic mass is 10.1. The molecular weight excluding hydrogens is 340 g/mol. The summed E-state index contributed by atoms with van der Waals surface area (Å²) >= 11 is 0. The van der Waals surface area contributed by atoms with Gasteiger partial charge >= 0.3 is 0 Å². The third kappa shape index (κ3) is 3.80. The summed E-state index contributed by atoms with van der Waals surface area (Å²) in [4.78, 5) is 30.9. The molecule has 27 heavy (non-hydrogen) atoms. The van der Waals surface area contributed by atoms with E-state index in [1.54, 1.807) is 4.90 Å². The molecule has 0 unspecified atom stereocenters. The summed E-state index contributed by atoms with van der Waals surface area (Å²) in [5, 5.41) is 2.82. The molecule has 1 N–H and O–H groups in total. The van der Waals surface area contributed by atoms with Crippen molar-refractivity contribution in [2.24, 2.45) is 0 Å². The summed E-state index contributed by atoms with van der Waals surface area (Å²) < 4.78 is 0. The van der Waals surface area contributed by atoms with E-state index in [4.69, 9.17) is 0 Å². The van der Waals surface area contributed by atoms with Crippen LogP contribution in [0, 0.1) is 6.92 Å². The number of benzene rings is 2. The van der Waals surface area contributed by atoms with Crippen LogP contribution in [0.5, 0.6) is 0 Å². The number of hydrogen-bond donors (Lipinski definition) is 1. The van der Waals surface area contributed by atoms with E-state index in [1.165, 1.54) is 11.3 Å². The molecule has 4 rings (SSSR count). The topological polar surface area (TPSA) is 55.9 Å². The van der Waals surface area contributed by atoms with Crippen molar-refractivity contribution in [2.75, 3.05) is 54.4 Å². The van der Waals surface area contributed by atoms with E-state index in [1.807, 2.05) is 24.3 Å². The molecule has 1 fully saturated rings. The van der Waals surface area contributed by atoms with Crippen LogP contribution in [0.4, 0.5) is 17.1 Å². The smallest absolute Gasteiger partial charge is 0.244 e. The van der Waals surface area contributed by atoms with Gasteiger partial charge in [-0.25, -0.2) is 0 Å². The van der Waals surface area contributed by atoms with Crippen LogP contribution in [-0.4, -0.2) is 56.0 Å². The highest BCUT2D eigenvalue weighted by atomic mass is 16.2. The van der Waals surface area contributed by atoms with Crippen molar-refractivity contribution in [2.45, 2.75) is 6.92 Å². The summed E-state index contributed by atoms with van der Waals surface area (Å²) in [5.41, 5.74) is 3.97. The Morgan fingerprint density at radius 2 is 1.81 bits per heavy atom.